The molecule has 0 spiro atoms. The maximum atomic E-state index is 14.0. The van der Waals surface area contributed by atoms with Crippen molar-refractivity contribution < 1.29 is 23.8 Å². The molecule has 0 bridgehead atoms. The summed E-state index contributed by atoms with van der Waals surface area (Å²) in [5.74, 6) is -0.961. The number of carbonyl (C=O) groups excluding carboxylic acids is 2. The summed E-state index contributed by atoms with van der Waals surface area (Å²) in [6, 6.07) is 40.2. The third kappa shape index (κ3) is 7.61. The standard InChI is InChI=1S/C39H36O5/c1-2-3-16-25-42-37-35(32-23-14-7-15-24-32)33(31-21-12-6-13-22-31)26-34(38(40)43-27-29-17-8-4-9-18-29)36(37)39(41)44-28-30-19-10-5-11-20-30/h4-15,17-24,26H,2-3,16,25,27-28H2,1H3. The maximum Gasteiger partial charge on any atom is 0.343 e. The van der Waals surface area contributed by atoms with E-state index in [9.17, 15) is 9.59 Å². The van der Waals surface area contributed by atoms with Gasteiger partial charge in [0.05, 0.1) is 12.2 Å². The van der Waals surface area contributed by atoms with Gasteiger partial charge in [0.15, 0.2) is 0 Å². The van der Waals surface area contributed by atoms with Crippen molar-refractivity contribution in [3.63, 3.8) is 0 Å². The van der Waals surface area contributed by atoms with E-state index < -0.39 is 11.9 Å². The van der Waals surface area contributed by atoms with E-state index in [1.807, 2.05) is 121 Å². The molecule has 0 saturated heterocycles. The first-order valence-corrected chi connectivity index (χ1v) is 15.0. The average Bonchev–Trinajstić information content (AvgIpc) is 3.09. The Balaban J connectivity index is 1.68. The van der Waals surface area contributed by atoms with E-state index in [2.05, 4.69) is 6.92 Å². The van der Waals surface area contributed by atoms with Gasteiger partial charge in [-0.1, -0.05) is 141 Å². The molecular weight excluding hydrogens is 548 g/mol. The molecule has 0 atom stereocenters. The van der Waals surface area contributed by atoms with E-state index in [0.29, 0.717) is 12.4 Å². The van der Waals surface area contributed by atoms with Gasteiger partial charge in [-0.2, -0.15) is 0 Å². The van der Waals surface area contributed by atoms with Crippen molar-refractivity contribution in [3.8, 4) is 28.0 Å². The van der Waals surface area contributed by atoms with Crippen LogP contribution in [0.4, 0.5) is 0 Å². The number of esters is 2. The molecule has 5 heteroatoms. The number of benzene rings is 5. The SMILES string of the molecule is CCCCCOc1c(C(=O)OCc2ccccc2)c(C(=O)OCc2ccccc2)cc(-c2ccccc2)c1-c1ccccc1. The molecule has 0 fully saturated rings. The molecule has 0 amide bonds. The Morgan fingerprint density at radius 2 is 1.09 bits per heavy atom. The highest BCUT2D eigenvalue weighted by molar-refractivity contribution is 6.09. The largest absolute Gasteiger partial charge is 0.492 e. The third-order valence-corrected chi connectivity index (χ3v) is 7.27. The first kappa shape index (κ1) is 30.3. The minimum Gasteiger partial charge on any atom is -0.492 e. The Morgan fingerprint density at radius 3 is 1.64 bits per heavy atom. The summed E-state index contributed by atoms with van der Waals surface area (Å²) in [4.78, 5) is 27.9. The maximum absolute atomic E-state index is 14.0. The van der Waals surface area contributed by atoms with Crippen LogP contribution in [0.1, 0.15) is 58.0 Å². The second kappa shape index (κ2) is 15.4. The molecule has 0 radical (unpaired) electrons. The number of hydrogen-bond acceptors (Lipinski definition) is 5. The monoisotopic (exact) mass is 584 g/mol. The Bertz CT molecular complexity index is 1650. The van der Waals surface area contributed by atoms with Gasteiger partial charge in [-0.3, -0.25) is 0 Å². The van der Waals surface area contributed by atoms with E-state index in [4.69, 9.17) is 14.2 Å². The Kier molecular flexibility index (Phi) is 10.6. The highest BCUT2D eigenvalue weighted by Crippen LogP contribution is 2.44. The summed E-state index contributed by atoms with van der Waals surface area (Å²) in [5, 5.41) is 0. The first-order chi connectivity index (χ1) is 21.7. The van der Waals surface area contributed by atoms with Crippen molar-refractivity contribution in [2.75, 3.05) is 6.61 Å². The van der Waals surface area contributed by atoms with Crippen molar-refractivity contribution in [2.24, 2.45) is 0 Å². The molecule has 0 aliphatic carbocycles. The number of hydrogen-bond donors (Lipinski definition) is 0. The van der Waals surface area contributed by atoms with Crippen molar-refractivity contribution in [3.05, 3.63) is 150 Å². The summed E-state index contributed by atoms with van der Waals surface area (Å²) in [5.41, 5.74) is 5.06. The lowest BCUT2D eigenvalue weighted by Crippen LogP contribution is -2.18. The lowest BCUT2D eigenvalue weighted by molar-refractivity contribution is 0.0421. The molecule has 0 aliphatic rings. The molecule has 0 aromatic heterocycles. The zero-order valence-electron chi connectivity index (χ0n) is 24.9. The van der Waals surface area contributed by atoms with Gasteiger partial charge in [0.1, 0.15) is 24.5 Å². The summed E-state index contributed by atoms with van der Waals surface area (Å²) in [7, 11) is 0. The normalized spacial score (nSPS) is 10.7. The van der Waals surface area contributed by atoms with Crippen molar-refractivity contribution >= 4 is 11.9 Å². The van der Waals surface area contributed by atoms with E-state index >= 15 is 0 Å². The van der Waals surface area contributed by atoms with E-state index in [-0.39, 0.29) is 24.3 Å². The predicted octanol–water partition coefficient (Wildman–Crippen LogP) is 9.30. The van der Waals surface area contributed by atoms with Gasteiger partial charge in [0.2, 0.25) is 0 Å². The van der Waals surface area contributed by atoms with E-state index in [0.717, 1.165) is 52.6 Å². The van der Waals surface area contributed by atoms with Crippen LogP contribution in [0.2, 0.25) is 0 Å². The van der Waals surface area contributed by atoms with Gasteiger partial charge in [0, 0.05) is 5.56 Å². The quantitative estimate of drug-likeness (QED) is 0.102. The summed E-state index contributed by atoms with van der Waals surface area (Å²) >= 11 is 0. The molecule has 0 N–H and O–H groups in total. The van der Waals surface area contributed by atoms with Gasteiger partial charge in [-0.05, 0) is 40.3 Å². The van der Waals surface area contributed by atoms with E-state index in [1.54, 1.807) is 6.07 Å². The Morgan fingerprint density at radius 1 is 0.591 bits per heavy atom. The predicted molar refractivity (Wildman–Crippen MR) is 173 cm³/mol. The fourth-order valence-electron chi connectivity index (χ4n) is 5.03. The Labute approximate surface area is 259 Å². The fraction of sp³-hybridized carbons (Fsp3) is 0.179. The van der Waals surface area contributed by atoms with Crippen LogP contribution in [0.25, 0.3) is 22.3 Å². The van der Waals surface area contributed by atoms with Crippen molar-refractivity contribution in [1.82, 2.24) is 0 Å². The highest BCUT2D eigenvalue weighted by Gasteiger charge is 2.31. The fourth-order valence-corrected chi connectivity index (χ4v) is 5.03. The molecule has 44 heavy (non-hydrogen) atoms. The molecule has 0 unspecified atom stereocenters. The molecule has 5 aromatic carbocycles. The third-order valence-electron chi connectivity index (χ3n) is 7.27. The van der Waals surface area contributed by atoms with Crippen LogP contribution in [0.3, 0.4) is 0 Å². The first-order valence-electron chi connectivity index (χ1n) is 15.0. The molecule has 0 heterocycles. The minimum absolute atomic E-state index is 0.0502. The van der Waals surface area contributed by atoms with Crippen molar-refractivity contribution in [1.29, 1.82) is 0 Å². The zero-order valence-corrected chi connectivity index (χ0v) is 24.9. The zero-order chi connectivity index (χ0) is 30.6. The number of carbonyl (C=O) groups is 2. The molecule has 5 rings (SSSR count). The number of ether oxygens (including phenoxy) is 3. The number of unbranched alkanes of at least 4 members (excludes halogenated alkanes) is 2. The molecule has 0 saturated carbocycles. The molecular formula is C39H36O5. The molecule has 5 aromatic rings. The van der Waals surface area contributed by atoms with Gasteiger partial charge in [0.25, 0.3) is 0 Å². The van der Waals surface area contributed by atoms with Crippen LogP contribution in [0, 0.1) is 0 Å². The van der Waals surface area contributed by atoms with Crippen LogP contribution < -0.4 is 4.74 Å². The smallest absolute Gasteiger partial charge is 0.343 e. The van der Waals surface area contributed by atoms with Gasteiger partial charge < -0.3 is 14.2 Å². The second-order valence-electron chi connectivity index (χ2n) is 10.5. The summed E-state index contributed by atoms with van der Waals surface area (Å²) in [6.07, 6.45) is 2.79. The van der Waals surface area contributed by atoms with Gasteiger partial charge in [-0.25, -0.2) is 9.59 Å². The van der Waals surface area contributed by atoms with Crippen LogP contribution >= 0.6 is 0 Å². The Hall–Kier alpha value is -5.16. The van der Waals surface area contributed by atoms with E-state index in [1.165, 1.54) is 0 Å². The summed E-state index contributed by atoms with van der Waals surface area (Å²) < 4.78 is 18.2. The topological polar surface area (TPSA) is 61.8 Å². The number of rotatable bonds is 13. The minimum atomic E-state index is -0.650. The molecule has 0 aliphatic heterocycles. The highest BCUT2D eigenvalue weighted by atomic mass is 16.5. The lowest BCUT2D eigenvalue weighted by Gasteiger charge is -2.22. The lowest BCUT2D eigenvalue weighted by atomic mass is 9.88. The van der Waals surface area contributed by atoms with Gasteiger partial charge >= 0.3 is 11.9 Å². The molecule has 5 nitrogen and oxygen atoms in total. The summed E-state index contributed by atoms with van der Waals surface area (Å²) in [6.45, 7) is 2.61. The van der Waals surface area contributed by atoms with Crippen molar-refractivity contribution in [2.45, 2.75) is 39.4 Å². The second-order valence-corrected chi connectivity index (χ2v) is 10.5. The molecule has 222 valence electrons. The van der Waals surface area contributed by atoms with Crippen LogP contribution in [0.15, 0.2) is 127 Å². The van der Waals surface area contributed by atoms with Crippen LogP contribution in [-0.2, 0) is 22.7 Å². The van der Waals surface area contributed by atoms with Crippen LogP contribution in [-0.4, -0.2) is 18.5 Å². The average molecular weight is 585 g/mol. The van der Waals surface area contributed by atoms with Gasteiger partial charge in [-0.15, -0.1) is 0 Å². The van der Waals surface area contributed by atoms with Crippen LogP contribution in [0.5, 0.6) is 5.75 Å².